The molecule has 0 bridgehead atoms. The predicted molar refractivity (Wildman–Crippen MR) is 90.4 cm³/mol. The first kappa shape index (κ1) is 15.6. The minimum absolute atomic E-state index is 0.699. The fourth-order valence-corrected chi connectivity index (χ4v) is 4.30. The molecule has 116 valence electrons. The van der Waals surface area contributed by atoms with Gasteiger partial charge in [0, 0.05) is 41.8 Å². The van der Waals surface area contributed by atoms with Crippen LogP contribution in [0, 0.1) is 0 Å². The van der Waals surface area contributed by atoms with Crippen LogP contribution < -0.4 is 0 Å². The molecule has 1 aromatic rings. The smallest absolute Gasteiger partial charge is 0.0453 e. The molecule has 3 rings (SSSR count). The SMILES string of the molecule is CCC1CN2CCCC2CN1CCc1ccc(Cl)cc1Cl. The fraction of sp³-hybridized carbons (Fsp3) is 0.647. The molecule has 21 heavy (non-hydrogen) atoms. The molecule has 2 unspecified atom stereocenters. The van der Waals surface area contributed by atoms with Gasteiger partial charge in [-0.25, -0.2) is 0 Å². The van der Waals surface area contributed by atoms with E-state index in [2.05, 4.69) is 22.8 Å². The van der Waals surface area contributed by atoms with Crippen molar-refractivity contribution in [1.82, 2.24) is 9.80 Å². The molecule has 0 amide bonds. The van der Waals surface area contributed by atoms with Crippen LogP contribution in [-0.4, -0.2) is 48.1 Å². The molecule has 2 heterocycles. The third-order valence-corrected chi connectivity index (χ3v) is 5.65. The van der Waals surface area contributed by atoms with Crippen LogP contribution in [0.15, 0.2) is 18.2 Å². The molecular weight excluding hydrogens is 303 g/mol. The first-order valence-corrected chi connectivity index (χ1v) is 8.85. The summed E-state index contributed by atoms with van der Waals surface area (Å²) in [6.07, 6.45) is 4.99. The minimum atomic E-state index is 0.699. The Bertz CT molecular complexity index is 492. The van der Waals surface area contributed by atoms with Crippen LogP contribution in [0.4, 0.5) is 0 Å². The maximum atomic E-state index is 6.30. The summed E-state index contributed by atoms with van der Waals surface area (Å²) in [6.45, 7) is 7.19. The van der Waals surface area contributed by atoms with E-state index in [1.165, 1.54) is 44.5 Å². The van der Waals surface area contributed by atoms with Crippen molar-refractivity contribution in [2.24, 2.45) is 0 Å². The number of halogens is 2. The number of fused-ring (bicyclic) bond motifs is 1. The predicted octanol–water partition coefficient (Wildman–Crippen LogP) is 4.09. The summed E-state index contributed by atoms with van der Waals surface area (Å²) in [4.78, 5) is 5.37. The summed E-state index contributed by atoms with van der Waals surface area (Å²) >= 11 is 12.3. The number of rotatable bonds is 4. The lowest BCUT2D eigenvalue weighted by molar-refractivity contribution is 0.0501. The molecule has 2 atom stereocenters. The summed E-state index contributed by atoms with van der Waals surface area (Å²) in [7, 11) is 0. The highest BCUT2D eigenvalue weighted by molar-refractivity contribution is 6.35. The van der Waals surface area contributed by atoms with Gasteiger partial charge in [-0.2, -0.15) is 0 Å². The molecule has 2 aliphatic rings. The fourth-order valence-electron chi connectivity index (χ4n) is 3.80. The molecule has 2 fully saturated rings. The maximum absolute atomic E-state index is 6.30. The van der Waals surface area contributed by atoms with Crippen molar-refractivity contribution in [1.29, 1.82) is 0 Å². The van der Waals surface area contributed by atoms with Crippen LogP contribution in [0.5, 0.6) is 0 Å². The molecule has 0 saturated carbocycles. The summed E-state index contributed by atoms with van der Waals surface area (Å²) in [5.41, 5.74) is 1.21. The quantitative estimate of drug-likeness (QED) is 0.822. The van der Waals surface area contributed by atoms with E-state index in [9.17, 15) is 0 Å². The molecular formula is C17H24Cl2N2. The third-order valence-electron chi connectivity index (χ3n) is 5.06. The van der Waals surface area contributed by atoms with Crippen molar-refractivity contribution in [3.63, 3.8) is 0 Å². The Kier molecular flexibility index (Phi) is 5.11. The lowest BCUT2D eigenvalue weighted by Crippen LogP contribution is -2.56. The van der Waals surface area contributed by atoms with Gasteiger partial charge in [0.2, 0.25) is 0 Å². The van der Waals surface area contributed by atoms with Crippen LogP contribution in [0.3, 0.4) is 0 Å². The van der Waals surface area contributed by atoms with Crippen molar-refractivity contribution in [3.8, 4) is 0 Å². The Morgan fingerprint density at radius 1 is 1.24 bits per heavy atom. The minimum Gasteiger partial charge on any atom is -0.298 e. The van der Waals surface area contributed by atoms with E-state index in [1.807, 2.05) is 12.1 Å². The highest BCUT2D eigenvalue weighted by Crippen LogP contribution is 2.27. The van der Waals surface area contributed by atoms with Gasteiger partial charge in [0.1, 0.15) is 0 Å². The Hall–Kier alpha value is -0.280. The van der Waals surface area contributed by atoms with Gasteiger partial charge < -0.3 is 0 Å². The van der Waals surface area contributed by atoms with Gasteiger partial charge in [-0.3, -0.25) is 9.80 Å². The maximum Gasteiger partial charge on any atom is 0.0453 e. The molecule has 0 N–H and O–H groups in total. The van der Waals surface area contributed by atoms with Gasteiger partial charge in [-0.1, -0.05) is 36.2 Å². The summed E-state index contributed by atoms with van der Waals surface area (Å²) in [6, 6.07) is 7.34. The highest BCUT2D eigenvalue weighted by atomic mass is 35.5. The second kappa shape index (κ2) is 6.87. The van der Waals surface area contributed by atoms with Gasteiger partial charge >= 0.3 is 0 Å². The van der Waals surface area contributed by atoms with Crippen LogP contribution in [0.1, 0.15) is 31.7 Å². The monoisotopic (exact) mass is 326 g/mol. The van der Waals surface area contributed by atoms with Gasteiger partial charge in [0.15, 0.2) is 0 Å². The molecule has 1 aromatic carbocycles. The van der Waals surface area contributed by atoms with E-state index in [4.69, 9.17) is 23.2 Å². The van der Waals surface area contributed by atoms with Crippen molar-refractivity contribution >= 4 is 23.2 Å². The molecule has 4 heteroatoms. The Labute approximate surface area is 138 Å². The zero-order valence-corrected chi connectivity index (χ0v) is 14.2. The summed E-state index contributed by atoms with van der Waals surface area (Å²) in [5.74, 6) is 0. The van der Waals surface area contributed by atoms with Crippen LogP contribution in [0.25, 0.3) is 0 Å². The van der Waals surface area contributed by atoms with E-state index in [1.54, 1.807) is 0 Å². The van der Waals surface area contributed by atoms with Gasteiger partial charge in [-0.15, -0.1) is 0 Å². The molecule has 0 radical (unpaired) electrons. The third kappa shape index (κ3) is 3.56. The molecule has 2 aliphatic heterocycles. The zero-order valence-electron chi connectivity index (χ0n) is 12.7. The van der Waals surface area contributed by atoms with Gasteiger partial charge in [0.25, 0.3) is 0 Å². The van der Waals surface area contributed by atoms with Crippen molar-refractivity contribution in [3.05, 3.63) is 33.8 Å². The standard InChI is InChI=1S/C17H24Cl2N2/c1-2-15-11-20-8-3-4-16(20)12-21(15)9-7-13-5-6-14(18)10-17(13)19/h5-6,10,15-16H,2-4,7-9,11-12H2,1H3. The second-order valence-electron chi connectivity index (χ2n) is 6.33. The second-order valence-corrected chi connectivity index (χ2v) is 7.18. The van der Waals surface area contributed by atoms with Gasteiger partial charge in [0.05, 0.1) is 0 Å². The molecule has 2 nitrogen and oxygen atoms in total. The van der Waals surface area contributed by atoms with E-state index >= 15 is 0 Å². The Morgan fingerprint density at radius 3 is 2.86 bits per heavy atom. The first-order chi connectivity index (χ1) is 10.2. The lowest BCUT2D eigenvalue weighted by Gasteiger charge is -2.43. The Balaban J connectivity index is 1.62. The topological polar surface area (TPSA) is 6.48 Å². The summed E-state index contributed by atoms with van der Waals surface area (Å²) in [5, 5.41) is 1.52. The molecule has 0 spiro atoms. The molecule has 0 aliphatic carbocycles. The largest absolute Gasteiger partial charge is 0.298 e. The van der Waals surface area contributed by atoms with E-state index < -0.39 is 0 Å². The number of benzene rings is 1. The summed E-state index contributed by atoms with van der Waals surface area (Å²) < 4.78 is 0. The lowest BCUT2D eigenvalue weighted by atomic mass is 10.0. The molecule has 2 saturated heterocycles. The van der Waals surface area contributed by atoms with E-state index in [0.29, 0.717) is 6.04 Å². The normalized spacial score (nSPS) is 27.0. The zero-order chi connectivity index (χ0) is 14.8. The highest BCUT2D eigenvalue weighted by Gasteiger charge is 2.35. The molecule has 0 aromatic heterocycles. The van der Waals surface area contributed by atoms with Crippen molar-refractivity contribution < 1.29 is 0 Å². The van der Waals surface area contributed by atoms with Crippen molar-refractivity contribution in [2.75, 3.05) is 26.2 Å². The van der Waals surface area contributed by atoms with Crippen molar-refractivity contribution in [2.45, 2.75) is 44.7 Å². The Morgan fingerprint density at radius 2 is 2.10 bits per heavy atom. The first-order valence-electron chi connectivity index (χ1n) is 8.09. The average Bonchev–Trinajstić information content (AvgIpc) is 2.92. The number of hydrogen-bond donors (Lipinski definition) is 0. The van der Waals surface area contributed by atoms with Crippen LogP contribution >= 0.6 is 23.2 Å². The van der Waals surface area contributed by atoms with Crippen LogP contribution in [-0.2, 0) is 6.42 Å². The van der Waals surface area contributed by atoms with Gasteiger partial charge in [-0.05, 0) is 49.9 Å². The van der Waals surface area contributed by atoms with E-state index in [0.717, 1.165) is 29.1 Å². The van der Waals surface area contributed by atoms with E-state index in [-0.39, 0.29) is 0 Å². The van der Waals surface area contributed by atoms with Crippen LogP contribution in [0.2, 0.25) is 10.0 Å². The number of piperazine rings is 1. The average molecular weight is 327 g/mol. The number of nitrogens with zero attached hydrogens (tertiary/aromatic N) is 2. The number of hydrogen-bond acceptors (Lipinski definition) is 2.